The molecular weight excluding hydrogens is 322 g/mol. The average Bonchev–Trinajstić information content (AvgIpc) is 2.63. The Morgan fingerprint density at radius 1 is 1.48 bits per heavy atom. The van der Waals surface area contributed by atoms with E-state index in [2.05, 4.69) is 10.2 Å². The number of nitrogens with one attached hydrogen (secondary N) is 1. The van der Waals surface area contributed by atoms with E-state index in [1.165, 1.54) is 12.1 Å². The van der Waals surface area contributed by atoms with Gasteiger partial charge in [-0.15, -0.1) is 0 Å². The molecular formula is C18H23N3O4. The largest absolute Gasteiger partial charge is 0.504 e. The van der Waals surface area contributed by atoms with E-state index in [1.807, 2.05) is 13.0 Å². The molecule has 0 spiro atoms. The number of carbonyl (C=O) groups excluding carboxylic acids is 1. The fraction of sp³-hybridized carbons (Fsp3) is 0.444. The third-order valence-corrected chi connectivity index (χ3v) is 3.78. The van der Waals surface area contributed by atoms with Crippen molar-refractivity contribution in [3.63, 3.8) is 0 Å². The second-order valence-electron chi connectivity index (χ2n) is 5.54. The zero-order valence-electron chi connectivity index (χ0n) is 14.3. The predicted octanol–water partition coefficient (Wildman–Crippen LogP) is 1.15. The Hall–Kier alpha value is -2.56. The average molecular weight is 345 g/mol. The van der Waals surface area contributed by atoms with E-state index in [9.17, 15) is 15.2 Å². The number of morpholine rings is 1. The molecule has 0 radical (unpaired) electrons. The van der Waals surface area contributed by atoms with Gasteiger partial charge in [0, 0.05) is 26.2 Å². The summed E-state index contributed by atoms with van der Waals surface area (Å²) in [4.78, 5) is 14.4. The van der Waals surface area contributed by atoms with Gasteiger partial charge in [0.2, 0.25) is 0 Å². The van der Waals surface area contributed by atoms with Crippen LogP contribution in [0.15, 0.2) is 23.8 Å². The Balaban J connectivity index is 1.95. The van der Waals surface area contributed by atoms with Crippen molar-refractivity contribution in [2.45, 2.75) is 6.92 Å². The van der Waals surface area contributed by atoms with Gasteiger partial charge < -0.3 is 19.9 Å². The lowest BCUT2D eigenvalue weighted by atomic mass is 10.1. The highest BCUT2D eigenvalue weighted by molar-refractivity contribution is 6.01. The first kappa shape index (κ1) is 18.8. The fourth-order valence-corrected chi connectivity index (χ4v) is 2.45. The minimum atomic E-state index is -0.415. The van der Waals surface area contributed by atoms with Gasteiger partial charge in [-0.1, -0.05) is 6.07 Å². The van der Waals surface area contributed by atoms with Crippen molar-refractivity contribution in [3.8, 4) is 17.6 Å². The fourth-order valence-electron chi connectivity index (χ4n) is 2.45. The van der Waals surface area contributed by atoms with Crippen molar-refractivity contribution in [2.75, 3.05) is 46.0 Å². The van der Waals surface area contributed by atoms with Crippen molar-refractivity contribution in [1.29, 1.82) is 5.26 Å². The van der Waals surface area contributed by atoms with Gasteiger partial charge in [0.05, 0.1) is 19.8 Å². The van der Waals surface area contributed by atoms with Crippen LogP contribution in [0.2, 0.25) is 0 Å². The molecule has 0 bridgehead atoms. The zero-order chi connectivity index (χ0) is 18.1. The molecule has 0 atom stereocenters. The number of aromatic hydroxyl groups is 1. The van der Waals surface area contributed by atoms with Crippen LogP contribution in [0.5, 0.6) is 11.5 Å². The molecule has 1 aliphatic rings. The standard InChI is InChI=1S/C18H23N3O4/c1-2-25-17-12-14(3-4-16(17)22)11-15(13-19)18(23)20-5-6-21-7-9-24-10-8-21/h3-4,11-12,22H,2,5-10H2,1H3,(H,20,23). The molecule has 2 rings (SSSR count). The molecule has 25 heavy (non-hydrogen) atoms. The number of ether oxygens (including phenoxy) is 2. The van der Waals surface area contributed by atoms with Crippen molar-refractivity contribution >= 4 is 12.0 Å². The first-order valence-corrected chi connectivity index (χ1v) is 8.30. The molecule has 0 unspecified atom stereocenters. The van der Waals surface area contributed by atoms with Gasteiger partial charge in [0.25, 0.3) is 5.91 Å². The van der Waals surface area contributed by atoms with Gasteiger partial charge in [-0.3, -0.25) is 9.69 Å². The highest BCUT2D eigenvalue weighted by atomic mass is 16.5. The maximum Gasteiger partial charge on any atom is 0.261 e. The lowest BCUT2D eigenvalue weighted by Gasteiger charge is -2.26. The molecule has 1 aromatic rings. The third-order valence-electron chi connectivity index (χ3n) is 3.78. The molecule has 1 amide bonds. The number of benzene rings is 1. The van der Waals surface area contributed by atoms with E-state index in [0.717, 1.165) is 19.6 Å². The van der Waals surface area contributed by atoms with Crippen LogP contribution < -0.4 is 10.1 Å². The van der Waals surface area contributed by atoms with Crippen LogP contribution in [0.3, 0.4) is 0 Å². The number of nitriles is 1. The second-order valence-corrected chi connectivity index (χ2v) is 5.54. The number of hydrogen-bond donors (Lipinski definition) is 2. The van der Waals surface area contributed by atoms with Crippen molar-refractivity contribution < 1.29 is 19.4 Å². The molecule has 7 nitrogen and oxygen atoms in total. The van der Waals surface area contributed by atoms with Crippen LogP contribution >= 0.6 is 0 Å². The number of rotatable bonds is 7. The van der Waals surface area contributed by atoms with Gasteiger partial charge >= 0.3 is 0 Å². The summed E-state index contributed by atoms with van der Waals surface area (Å²) < 4.78 is 10.6. The number of phenols is 1. The van der Waals surface area contributed by atoms with Crippen LogP contribution in [-0.2, 0) is 9.53 Å². The molecule has 1 fully saturated rings. The van der Waals surface area contributed by atoms with Gasteiger partial charge in [0.1, 0.15) is 11.6 Å². The SMILES string of the molecule is CCOc1cc(C=C(C#N)C(=O)NCCN2CCOCC2)ccc1O. The van der Waals surface area contributed by atoms with E-state index >= 15 is 0 Å². The van der Waals surface area contributed by atoms with Crippen LogP contribution in [-0.4, -0.2) is 61.9 Å². The molecule has 1 aromatic carbocycles. The minimum Gasteiger partial charge on any atom is -0.504 e. The Kier molecular flexibility index (Phi) is 7.26. The molecule has 7 heteroatoms. The molecule has 1 heterocycles. The number of phenolic OH excluding ortho intramolecular Hbond substituents is 1. The van der Waals surface area contributed by atoms with E-state index < -0.39 is 5.91 Å². The summed E-state index contributed by atoms with van der Waals surface area (Å²) >= 11 is 0. The molecule has 2 N–H and O–H groups in total. The monoisotopic (exact) mass is 345 g/mol. The van der Waals surface area contributed by atoms with Crippen molar-refractivity contribution in [1.82, 2.24) is 10.2 Å². The van der Waals surface area contributed by atoms with Crippen LogP contribution in [0.4, 0.5) is 0 Å². The first-order valence-electron chi connectivity index (χ1n) is 8.30. The molecule has 1 saturated heterocycles. The lowest BCUT2D eigenvalue weighted by molar-refractivity contribution is -0.117. The Bertz CT molecular complexity index is 661. The Labute approximate surface area is 147 Å². The van der Waals surface area contributed by atoms with Gasteiger partial charge in [-0.05, 0) is 30.7 Å². The highest BCUT2D eigenvalue weighted by Crippen LogP contribution is 2.27. The topological polar surface area (TPSA) is 94.8 Å². The summed E-state index contributed by atoms with van der Waals surface area (Å²) in [5.41, 5.74) is 0.622. The summed E-state index contributed by atoms with van der Waals surface area (Å²) in [7, 11) is 0. The van der Waals surface area contributed by atoms with Crippen LogP contribution in [0.1, 0.15) is 12.5 Å². The summed E-state index contributed by atoms with van der Waals surface area (Å²) in [6.45, 7) is 6.53. The Morgan fingerprint density at radius 2 is 2.24 bits per heavy atom. The van der Waals surface area contributed by atoms with Gasteiger partial charge in [-0.25, -0.2) is 0 Å². The van der Waals surface area contributed by atoms with Crippen molar-refractivity contribution in [3.05, 3.63) is 29.3 Å². The maximum atomic E-state index is 12.2. The summed E-state index contributed by atoms with van der Waals surface area (Å²) in [5.74, 6) is -0.0736. The maximum absolute atomic E-state index is 12.2. The second kappa shape index (κ2) is 9.67. The normalized spacial score (nSPS) is 15.4. The minimum absolute atomic E-state index is 0.00937. The lowest BCUT2D eigenvalue weighted by Crippen LogP contribution is -2.41. The van der Waals surface area contributed by atoms with Crippen molar-refractivity contribution in [2.24, 2.45) is 0 Å². The summed E-state index contributed by atoms with van der Waals surface area (Å²) in [6.07, 6.45) is 1.48. The number of nitrogens with zero attached hydrogens (tertiary/aromatic N) is 2. The first-order chi connectivity index (χ1) is 12.1. The molecule has 0 saturated carbocycles. The Morgan fingerprint density at radius 3 is 2.92 bits per heavy atom. The summed E-state index contributed by atoms with van der Waals surface area (Å²) in [5, 5.41) is 21.7. The van der Waals surface area contributed by atoms with Gasteiger partial charge in [-0.2, -0.15) is 5.26 Å². The van der Waals surface area contributed by atoms with Gasteiger partial charge in [0.15, 0.2) is 11.5 Å². The third kappa shape index (κ3) is 5.78. The number of amides is 1. The molecule has 0 aliphatic carbocycles. The quantitative estimate of drug-likeness (QED) is 0.569. The zero-order valence-corrected chi connectivity index (χ0v) is 14.3. The van der Waals surface area contributed by atoms with Crippen LogP contribution in [0, 0.1) is 11.3 Å². The molecule has 0 aromatic heterocycles. The predicted molar refractivity (Wildman–Crippen MR) is 93.1 cm³/mol. The number of carbonyl (C=O) groups is 1. The van der Waals surface area contributed by atoms with E-state index in [1.54, 1.807) is 12.1 Å². The molecule has 1 aliphatic heterocycles. The number of hydrogen-bond acceptors (Lipinski definition) is 6. The smallest absolute Gasteiger partial charge is 0.261 e. The molecule has 134 valence electrons. The highest BCUT2D eigenvalue weighted by Gasteiger charge is 2.12. The summed E-state index contributed by atoms with van der Waals surface area (Å²) in [6, 6.07) is 6.61. The van der Waals surface area contributed by atoms with E-state index in [4.69, 9.17) is 9.47 Å². The van der Waals surface area contributed by atoms with E-state index in [-0.39, 0.29) is 11.3 Å². The van der Waals surface area contributed by atoms with E-state index in [0.29, 0.717) is 37.7 Å². The van der Waals surface area contributed by atoms with Crippen LogP contribution in [0.25, 0.3) is 6.08 Å².